The highest BCUT2D eigenvalue weighted by Gasteiger charge is 2.15. The summed E-state index contributed by atoms with van der Waals surface area (Å²) in [7, 11) is 0. The Morgan fingerprint density at radius 1 is 1.29 bits per heavy atom. The smallest absolute Gasteiger partial charge is 0.318 e. The van der Waals surface area contributed by atoms with Crippen LogP contribution in [0.25, 0.3) is 0 Å². The fourth-order valence-electron chi connectivity index (χ4n) is 1.68. The lowest BCUT2D eigenvalue weighted by atomic mass is 10.1. The van der Waals surface area contributed by atoms with E-state index in [1.165, 1.54) is 0 Å². The third kappa shape index (κ3) is 4.64. The van der Waals surface area contributed by atoms with Gasteiger partial charge in [-0.3, -0.25) is 9.35 Å². The molecule has 5 nitrogen and oxygen atoms in total. The maximum atomic E-state index is 11.0. The lowest BCUT2D eigenvalue weighted by molar-refractivity contribution is -0.137. The van der Waals surface area contributed by atoms with Crippen molar-refractivity contribution in [2.75, 3.05) is 6.54 Å². The molecule has 0 aliphatic carbocycles. The number of nitrogens with zero attached hydrogens (tertiary/aromatic N) is 1. The zero-order valence-corrected chi connectivity index (χ0v) is 10.5. The van der Waals surface area contributed by atoms with E-state index in [1.807, 2.05) is 32.0 Å². The molecule has 0 aliphatic rings. The zero-order chi connectivity index (χ0) is 13.0. The van der Waals surface area contributed by atoms with Crippen LogP contribution in [0.5, 0.6) is 0 Å². The number of aliphatic carboxylic acids is 1. The van der Waals surface area contributed by atoms with E-state index in [0.717, 1.165) is 21.0 Å². The van der Waals surface area contributed by atoms with Crippen molar-refractivity contribution in [2.45, 2.75) is 20.4 Å². The lowest BCUT2D eigenvalue weighted by Gasteiger charge is -2.15. The molecule has 1 atom stereocenters. The van der Waals surface area contributed by atoms with Crippen LogP contribution in [0.2, 0.25) is 0 Å². The molecule has 17 heavy (non-hydrogen) atoms. The highest BCUT2D eigenvalue weighted by molar-refractivity contribution is 7.76. The van der Waals surface area contributed by atoms with E-state index in [0.29, 0.717) is 0 Å². The Kier molecular flexibility index (Phi) is 4.80. The summed E-state index contributed by atoms with van der Waals surface area (Å²) in [5, 5.41) is 8.63. The molecule has 0 bridgehead atoms. The zero-order valence-electron chi connectivity index (χ0n) is 9.71. The molecule has 6 heteroatoms. The molecule has 0 aromatic heterocycles. The van der Waals surface area contributed by atoms with Crippen LogP contribution in [0.3, 0.4) is 0 Å². The first-order valence-electron chi connectivity index (χ1n) is 5.03. The van der Waals surface area contributed by atoms with Crippen LogP contribution in [0.4, 0.5) is 0 Å². The summed E-state index contributed by atoms with van der Waals surface area (Å²) < 4.78 is 21.0. The summed E-state index contributed by atoms with van der Waals surface area (Å²) in [5.41, 5.74) is 2.91. The van der Waals surface area contributed by atoms with Gasteiger partial charge in [0, 0.05) is 6.54 Å². The Morgan fingerprint density at radius 3 is 2.24 bits per heavy atom. The van der Waals surface area contributed by atoms with E-state index >= 15 is 0 Å². The normalized spacial score (nSPS) is 12.7. The molecular formula is C11H15NO4S. The van der Waals surface area contributed by atoms with E-state index in [9.17, 15) is 9.00 Å². The molecular weight excluding hydrogens is 242 g/mol. The number of hydrogen-bond acceptors (Lipinski definition) is 2. The Labute approximate surface area is 102 Å². The Balaban J connectivity index is 2.85. The highest BCUT2D eigenvalue weighted by Crippen LogP contribution is 2.12. The average Bonchev–Trinajstić information content (AvgIpc) is 2.13. The van der Waals surface area contributed by atoms with Gasteiger partial charge >= 0.3 is 5.97 Å². The van der Waals surface area contributed by atoms with E-state index in [1.54, 1.807) is 0 Å². The van der Waals surface area contributed by atoms with E-state index in [2.05, 4.69) is 0 Å². The van der Waals surface area contributed by atoms with Crippen LogP contribution >= 0.6 is 0 Å². The van der Waals surface area contributed by atoms with Crippen molar-refractivity contribution in [2.24, 2.45) is 0 Å². The minimum atomic E-state index is -2.29. The SMILES string of the molecule is Cc1cc(C)cc(CN(CC(=O)O)S(=O)O)c1. The van der Waals surface area contributed by atoms with Gasteiger partial charge in [-0.1, -0.05) is 29.3 Å². The van der Waals surface area contributed by atoms with Gasteiger partial charge in [-0.2, -0.15) is 4.31 Å². The first kappa shape index (κ1) is 13.8. The van der Waals surface area contributed by atoms with Gasteiger partial charge in [-0.15, -0.1) is 0 Å². The number of carboxylic acids is 1. The Morgan fingerprint density at radius 2 is 1.82 bits per heavy atom. The standard InChI is InChI=1S/C11H15NO4S/c1-8-3-9(2)5-10(4-8)6-12(17(15)16)7-11(13)14/h3-5H,6-7H2,1-2H3,(H,13,14)(H,15,16). The average molecular weight is 257 g/mol. The molecule has 0 radical (unpaired) electrons. The quantitative estimate of drug-likeness (QED) is 0.780. The first-order chi connectivity index (χ1) is 7.88. The van der Waals surface area contributed by atoms with Gasteiger partial charge in [0.25, 0.3) is 0 Å². The Bertz CT molecular complexity index is 427. The van der Waals surface area contributed by atoms with Crippen LogP contribution in [0.15, 0.2) is 18.2 Å². The molecule has 0 saturated heterocycles. The van der Waals surface area contributed by atoms with E-state index in [-0.39, 0.29) is 6.54 Å². The van der Waals surface area contributed by atoms with Crippen LogP contribution in [0.1, 0.15) is 16.7 Å². The first-order valence-corrected chi connectivity index (χ1v) is 6.09. The summed E-state index contributed by atoms with van der Waals surface area (Å²) in [6.07, 6.45) is 0. The summed E-state index contributed by atoms with van der Waals surface area (Å²) in [4.78, 5) is 10.6. The number of rotatable bonds is 5. The second kappa shape index (κ2) is 5.90. The topological polar surface area (TPSA) is 77.8 Å². The molecule has 0 spiro atoms. The molecule has 0 heterocycles. The molecule has 1 aromatic carbocycles. The second-order valence-electron chi connectivity index (χ2n) is 3.92. The lowest BCUT2D eigenvalue weighted by Crippen LogP contribution is -2.30. The van der Waals surface area contributed by atoms with Gasteiger partial charge in [0.2, 0.25) is 11.3 Å². The minimum absolute atomic E-state index is 0.137. The van der Waals surface area contributed by atoms with Gasteiger partial charge < -0.3 is 5.11 Å². The van der Waals surface area contributed by atoms with Crippen molar-refractivity contribution in [3.05, 3.63) is 34.9 Å². The van der Waals surface area contributed by atoms with Gasteiger partial charge in [-0.25, -0.2) is 4.21 Å². The summed E-state index contributed by atoms with van der Waals surface area (Å²) in [5.74, 6) is -1.13. The van der Waals surface area contributed by atoms with Gasteiger partial charge in [0.15, 0.2) is 0 Å². The maximum absolute atomic E-state index is 11.0. The van der Waals surface area contributed by atoms with Crippen LogP contribution in [0, 0.1) is 13.8 Å². The fourth-order valence-corrected chi connectivity index (χ4v) is 2.16. The third-order valence-corrected chi connectivity index (χ3v) is 2.87. The number of carbonyl (C=O) groups is 1. The molecule has 0 aliphatic heterocycles. The van der Waals surface area contributed by atoms with E-state index < -0.39 is 23.8 Å². The van der Waals surface area contributed by atoms with Crippen molar-refractivity contribution < 1.29 is 18.7 Å². The molecule has 94 valence electrons. The third-order valence-electron chi connectivity index (χ3n) is 2.17. The molecule has 1 rings (SSSR count). The Hall–Kier alpha value is -1.24. The van der Waals surface area contributed by atoms with Crippen molar-refractivity contribution in [3.8, 4) is 0 Å². The van der Waals surface area contributed by atoms with Crippen molar-refractivity contribution in [1.29, 1.82) is 0 Å². The van der Waals surface area contributed by atoms with Crippen molar-refractivity contribution >= 4 is 17.2 Å². The molecule has 1 aromatic rings. The highest BCUT2D eigenvalue weighted by atomic mass is 32.2. The second-order valence-corrected chi connectivity index (χ2v) is 4.90. The van der Waals surface area contributed by atoms with Gasteiger partial charge in [0.05, 0.1) is 0 Å². The number of aryl methyl sites for hydroxylation is 2. The summed E-state index contributed by atoms with van der Waals surface area (Å²) in [6.45, 7) is 3.52. The monoisotopic (exact) mass is 257 g/mol. The number of hydrogen-bond donors (Lipinski definition) is 2. The predicted molar refractivity (Wildman–Crippen MR) is 64.7 cm³/mol. The summed E-state index contributed by atoms with van der Waals surface area (Å²) >= 11 is -2.29. The molecule has 2 N–H and O–H groups in total. The van der Waals surface area contributed by atoms with Gasteiger partial charge in [-0.05, 0) is 19.4 Å². The molecule has 0 fully saturated rings. The van der Waals surface area contributed by atoms with Crippen molar-refractivity contribution in [1.82, 2.24) is 4.31 Å². The van der Waals surface area contributed by atoms with Crippen LogP contribution in [-0.2, 0) is 22.6 Å². The largest absolute Gasteiger partial charge is 0.480 e. The predicted octanol–water partition coefficient (Wildman–Crippen LogP) is 1.33. The van der Waals surface area contributed by atoms with Crippen LogP contribution in [-0.4, -0.2) is 30.7 Å². The number of carboxylic acid groups (broad SMARTS) is 1. The minimum Gasteiger partial charge on any atom is -0.480 e. The van der Waals surface area contributed by atoms with Gasteiger partial charge in [0.1, 0.15) is 6.54 Å². The maximum Gasteiger partial charge on any atom is 0.318 e. The van der Waals surface area contributed by atoms with Crippen molar-refractivity contribution in [3.63, 3.8) is 0 Å². The summed E-state index contributed by atoms with van der Waals surface area (Å²) in [6, 6.07) is 5.73. The molecule has 0 amide bonds. The van der Waals surface area contributed by atoms with E-state index in [4.69, 9.17) is 9.66 Å². The van der Waals surface area contributed by atoms with Crippen LogP contribution < -0.4 is 0 Å². The fraction of sp³-hybridized carbons (Fsp3) is 0.364. The molecule has 1 unspecified atom stereocenters. The number of benzene rings is 1. The molecule has 0 saturated carbocycles.